The average molecular weight is 267 g/mol. The average Bonchev–Trinajstić information content (AvgIpc) is 2.80. The van der Waals surface area contributed by atoms with Crippen LogP contribution in [0, 0.1) is 6.92 Å². The highest BCUT2D eigenvalue weighted by molar-refractivity contribution is 6.32. The zero-order chi connectivity index (χ0) is 13.0. The number of benzene rings is 1. The molecular weight excluding hydrogens is 252 g/mol. The minimum atomic E-state index is 0.393. The van der Waals surface area contributed by atoms with Crippen LogP contribution in [0.4, 0.5) is 0 Å². The Balaban J connectivity index is 1.88. The standard InChI is InChI=1S/C12H15ClN4O/c1-9-2-3-12(11(13)6-9)18-5-4-17-8-10(7-14)15-16-17/h2-3,6,8H,4-5,7,14H2,1H3. The highest BCUT2D eigenvalue weighted by atomic mass is 35.5. The molecule has 0 saturated heterocycles. The van der Waals surface area contributed by atoms with Crippen LogP contribution in [0.25, 0.3) is 0 Å². The Kier molecular flexibility index (Phi) is 4.17. The molecule has 0 fully saturated rings. The van der Waals surface area contributed by atoms with E-state index in [0.717, 1.165) is 11.3 Å². The lowest BCUT2D eigenvalue weighted by Crippen LogP contribution is -2.09. The second-order valence-corrected chi connectivity index (χ2v) is 4.37. The Hall–Kier alpha value is -1.59. The third kappa shape index (κ3) is 3.21. The SMILES string of the molecule is Cc1ccc(OCCn2cc(CN)nn2)c(Cl)c1. The molecule has 0 unspecified atom stereocenters. The van der Waals surface area contributed by atoms with Crippen molar-refractivity contribution in [3.05, 3.63) is 40.7 Å². The van der Waals surface area contributed by atoms with E-state index in [-0.39, 0.29) is 0 Å². The molecule has 0 amide bonds. The zero-order valence-corrected chi connectivity index (χ0v) is 10.9. The van der Waals surface area contributed by atoms with E-state index in [0.29, 0.717) is 30.5 Å². The van der Waals surface area contributed by atoms with E-state index >= 15 is 0 Å². The topological polar surface area (TPSA) is 66.0 Å². The molecule has 96 valence electrons. The first-order valence-electron chi connectivity index (χ1n) is 5.67. The Morgan fingerprint density at radius 1 is 1.44 bits per heavy atom. The van der Waals surface area contributed by atoms with Gasteiger partial charge < -0.3 is 10.5 Å². The number of rotatable bonds is 5. The molecule has 0 bridgehead atoms. The van der Waals surface area contributed by atoms with Crippen molar-refractivity contribution in [3.8, 4) is 5.75 Å². The van der Waals surface area contributed by atoms with Gasteiger partial charge in [-0.1, -0.05) is 22.9 Å². The molecule has 0 atom stereocenters. The summed E-state index contributed by atoms with van der Waals surface area (Å²) in [5, 5.41) is 8.45. The first-order chi connectivity index (χ1) is 8.69. The summed E-state index contributed by atoms with van der Waals surface area (Å²) in [6, 6.07) is 5.70. The van der Waals surface area contributed by atoms with Crippen LogP contribution in [-0.2, 0) is 13.1 Å². The normalized spacial score (nSPS) is 10.6. The lowest BCUT2D eigenvalue weighted by molar-refractivity contribution is 0.290. The minimum Gasteiger partial charge on any atom is -0.490 e. The van der Waals surface area contributed by atoms with Crippen LogP contribution in [0.15, 0.2) is 24.4 Å². The van der Waals surface area contributed by atoms with Gasteiger partial charge in [-0.2, -0.15) is 0 Å². The predicted molar refractivity (Wildman–Crippen MR) is 69.6 cm³/mol. The van der Waals surface area contributed by atoms with Gasteiger partial charge in [-0.3, -0.25) is 0 Å². The van der Waals surface area contributed by atoms with Gasteiger partial charge in [0.15, 0.2) is 0 Å². The maximum Gasteiger partial charge on any atom is 0.137 e. The first kappa shape index (κ1) is 12.9. The highest BCUT2D eigenvalue weighted by Gasteiger charge is 2.02. The monoisotopic (exact) mass is 266 g/mol. The molecule has 1 heterocycles. The maximum absolute atomic E-state index is 6.06. The molecule has 2 N–H and O–H groups in total. The van der Waals surface area contributed by atoms with Crippen LogP contribution in [-0.4, -0.2) is 21.6 Å². The Morgan fingerprint density at radius 2 is 2.28 bits per heavy atom. The van der Waals surface area contributed by atoms with Gasteiger partial charge in [-0.15, -0.1) is 5.10 Å². The summed E-state index contributed by atoms with van der Waals surface area (Å²) in [7, 11) is 0. The van der Waals surface area contributed by atoms with E-state index in [2.05, 4.69) is 10.3 Å². The largest absolute Gasteiger partial charge is 0.490 e. The summed E-state index contributed by atoms with van der Waals surface area (Å²) < 4.78 is 7.29. The highest BCUT2D eigenvalue weighted by Crippen LogP contribution is 2.24. The molecule has 2 aromatic rings. The van der Waals surface area contributed by atoms with Gasteiger partial charge in [0.1, 0.15) is 12.4 Å². The Bertz CT molecular complexity index is 527. The lowest BCUT2D eigenvalue weighted by atomic mass is 10.2. The molecule has 1 aromatic carbocycles. The van der Waals surface area contributed by atoms with Crippen LogP contribution in [0.3, 0.4) is 0 Å². The van der Waals surface area contributed by atoms with Gasteiger partial charge in [0.05, 0.1) is 17.3 Å². The molecule has 0 saturated carbocycles. The zero-order valence-electron chi connectivity index (χ0n) is 10.1. The maximum atomic E-state index is 6.06. The van der Waals surface area contributed by atoms with Crippen molar-refractivity contribution < 1.29 is 4.74 Å². The van der Waals surface area contributed by atoms with E-state index in [1.165, 1.54) is 0 Å². The molecule has 0 radical (unpaired) electrons. The number of halogens is 1. The van der Waals surface area contributed by atoms with E-state index in [9.17, 15) is 0 Å². The number of aryl methyl sites for hydroxylation is 1. The summed E-state index contributed by atoms with van der Waals surface area (Å²) in [4.78, 5) is 0. The number of hydrogen-bond donors (Lipinski definition) is 1. The molecule has 0 spiro atoms. The second-order valence-electron chi connectivity index (χ2n) is 3.96. The number of hydrogen-bond acceptors (Lipinski definition) is 4. The molecule has 2 rings (SSSR count). The molecule has 0 aliphatic rings. The third-order valence-electron chi connectivity index (χ3n) is 2.46. The fourth-order valence-electron chi connectivity index (χ4n) is 1.51. The molecule has 18 heavy (non-hydrogen) atoms. The Morgan fingerprint density at radius 3 is 2.94 bits per heavy atom. The number of aromatic nitrogens is 3. The summed E-state index contributed by atoms with van der Waals surface area (Å²) in [5.74, 6) is 0.682. The summed E-state index contributed by atoms with van der Waals surface area (Å²) in [6.45, 7) is 3.47. The molecular formula is C12H15ClN4O. The molecule has 1 aromatic heterocycles. The van der Waals surface area contributed by atoms with Crippen molar-refractivity contribution in [1.29, 1.82) is 0 Å². The van der Waals surface area contributed by atoms with Crippen LogP contribution in [0.1, 0.15) is 11.3 Å². The predicted octanol–water partition coefficient (Wildman–Crippen LogP) is 1.78. The van der Waals surface area contributed by atoms with E-state index in [1.807, 2.05) is 25.1 Å². The van der Waals surface area contributed by atoms with Crippen LogP contribution >= 0.6 is 11.6 Å². The van der Waals surface area contributed by atoms with Crippen LogP contribution in [0.2, 0.25) is 5.02 Å². The van der Waals surface area contributed by atoms with E-state index < -0.39 is 0 Å². The van der Waals surface area contributed by atoms with Crippen molar-refractivity contribution in [3.63, 3.8) is 0 Å². The van der Waals surface area contributed by atoms with Crippen LogP contribution < -0.4 is 10.5 Å². The number of nitrogens with zero attached hydrogens (tertiary/aromatic N) is 3. The van der Waals surface area contributed by atoms with Crippen LogP contribution in [0.5, 0.6) is 5.75 Å². The van der Waals surface area contributed by atoms with Gasteiger partial charge in [-0.05, 0) is 24.6 Å². The van der Waals surface area contributed by atoms with Crippen molar-refractivity contribution in [2.75, 3.05) is 6.61 Å². The van der Waals surface area contributed by atoms with E-state index in [4.69, 9.17) is 22.1 Å². The smallest absolute Gasteiger partial charge is 0.137 e. The molecule has 0 aliphatic heterocycles. The first-order valence-corrected chi connectivity index (χ1v) is 6.05. The number of nitrogens with two attached hydrogens (primary N) is 1. The minimum absolute atomic E-state index is 0.393. The summed E-state index contributed by atoms with van der Waals surface area (Å²) in [5.41, 5.74) is 7.33. The second kappa shape index (κ2) is 5.84. The fraction of sp³-hybridized carbons (Fsp3) is 0.333. The van der Waals surface area contributed by atoms with Gasteiger partial charge >= 0.3 is 0 Å². The van der Waals surface area contributed by atoms with Gasteiger partial charge in [0.25, 0.3) is 0 Å². The quantitative estimate of drug-likeness (QED) is 0.896. The third-order valence-corrected chi connectivity index (χ3v) is 2.76. The van der Waals surface area contributed by atoms with E-state index in [1.54, 1.807) is 10.9 Å². The molecule has 6 heteroatoms. The van der Waals surface area contributed by atoms with Crippen molar-refractivity contribution in [2.45, 2.75) is 20.0 Å². The fourth-order valence-corrected chi connectivity index (χ4v) is 1.80. The lowest BCUT2D eigenvalue weighted by Gasteiger charge is -2.08. The summed E-state index contributed by atoms with van der Waals surface area (Å²) >= 11 is 6.06. The number of ether oxygens (including phenoxy) is 1. The van der Waals surface area contributed by atoms with Crippen molar-refractivity contribution >= 4 is 11.6 Å². The van der Waals surface area contributed by atoms with Crippen molar-refractivity contribution in [1.82, 2.24) is 15.0 Å². The molecule has 0 aliphatic carbocycles. The van der Waals surface area contributed by atoms with Gasteiger partial charge in [0.2, 0.25) is 0 Å². The van der Waals surface area contributed by atoms with Gasteiger partial charge in [-0.25, -0.2) is 4.68 Å². The Labute approximate surface area is 111 Å². The molecule has 5 nitrogen and oxygen atoms in total. The van der Waals surface area contributed by atoms with Gasteiger partial charge in [0, 0.05) is 12.7 Å². The summed E-state index contributed by atoms with van der Waals surface area (Å²) in [6.07, 6.45) is 1.81. The van der Waals surface area contributed by atoms with Crippen molar-refractivity contribution in [2.24, 2.45) is 5.73 Å².